The van der Waals surface area contributed by atoms with E-state index >= 15 is 0 Å². The van der Waals surface area contributed by atoms with Gasteiger partial charge >= 0.3 is 5.97 Å². The lowest BCUT2D eigenvalue weighted by molar-refractivity contribution is -0.140. The second-order valence-electron chi connectivity index (χ2n) is 7.64. The van der Waals surface area contributed by atoms with Crippen molar-refractivity contribution >= 4 is 23.3 Å². The van der Waals surface area contributed by atoms with E-state index in [9.17, 15) is 4.79 Å². The van der Waals surface area contributed by atoms with E-state index in [1.54, 1.807) is 6.20 Å². The van der Waals surface area contributed by atoms with Crippen LogP contribution in [0.1, 0.15) is 41.9 Å². The molecule has 0 saturated carbocycles. The summed E-state index contributed by atoms with van der Waals surface area (Å²) in [6.07, 6.45) is 4.89. The number of methoxy groups -OCH3 is 1. The van der Waals surface area contributed by atoms with Gasteiger partial charge in [-0.15, -0.1) is 0 Å². The molecule has 2 atom stereocenters. The van der Waals surface area contributed by atoms with Crippen LogP contribution in [-0.2, 0) is 9.53 Å². The van der Waals surface area contributed by atoms with E-state index < -0.39 is 0 Å². The molecule has 6 nitrogen and oxygen atoms in total. The van der Waals surface area contributed by atoms with Crippen molar-refractivity contribution in [3.05, 3.63) is 83.9 Å². The van der Waals surface area contributed by atoms with E-state index in [4.69, 9.17) is 17.0 Å². The highest BCUT2D eigenvalue weighted by Gasteiger charge is 2.41. The fourth-order valence-corrected chi connectivity index (χ4v) is 4.37. The first kappa shape index (κ1) is 21.1. The molecule has 1 saturated heterocycles. The van der Waals surface area contributed by atoms with Crippen molar-refractivity contribution in [1.29, 1.82) is 0 Å². The fourth-order valence-electron chi connectivity index (χ4n) is 4.04. The highest BCUT2D eigenvalue weighted by Crippen LogP contribution is 2.39. The number of ether oxygens (including phenoxy) is 1. The number of nitrogens with one attached hydrogen (secondary N) is 1. The van der Waals surface area contributed by atoms with Gasteiger partial charge in [-0.1, -0.05) is 23.8 Å². The van der Waals surface area contributed by atoms with Gasteiger partial charge in [-0.3, -0.25) is 9.78 Å². The zero-order valence-electron chi connectivity index (χ0n) is 17.7. The van der Waals surface area contributed by atoms with Gasteiger partial charge in [0.25, 0.3) is 0 Å². The average Bonchev–Trinajstić information content (AvgIpc) is 3.39. The number of pyridine rings is 1. The lowest BCUT2D eigenvalue weighted by atomic mass is 10.0. The molecule has 2 aromatic heterocycles. The predicted molar refractivity (Wildman–Crippen MR) is 124 cm³/mol. The summed E-state index contributed by atoms with van der Waals surface area (Å²) in [6, 6.07) is 18.4. The quantitative estimate of drug-likeness (QED) is 0.446. The minimum Gasteiger partial charge on any atom is -0.469 e. The first-order valence-electron chi connectivity index (χ1n) is 10.4. The predicted octanol–water partition coefficient (Wildman–Crippen LogP) is 4.11. The third-order valence-corrected chi connectivity index (χ3v) is 5.95. The fraction of sp³-hybridized carbons (Fsp3) is 0.292. The summed E-state index contributed by atoms with van der Waals surface area (Å²) in [4.78, 5) is 18.4. The second kappa shape index (κ2) is 9.31. The summed E-state index contributed by atoms with van der Waals surface area (Å²) in [6.45, 7) is 2.73. The molecule has 7 heteroatoms. The second-order valence-corrected chi connectivity index (χ2v) is 8.02. The number of nitrogens with zero attached hydrogens (tertiary/aromatic N) is 3. The lowest BCUT2D eigenvalue weighted by Gasteiger charge is -2.29. The van der Waals surface area contributed by atoms with Crippen molar-refractivity contribution in [3.63, 3.8) is 0 Å². The van der Waals surface area contributed by atoms with Gasteiger partial charge < -0.3 is 19.5 Å². The van der Waals surface area contributed by atoms with Crippen LogP contribution in [0, 0.1) is 6.92 Å². The van der Waals surface area contributed by atoms with Crippen LogP contribution in [0.25, 0.3) is 5.69 Å². The number of benzene rings is 1. The standard InChI is InChI=1S/C24H26N4O2S/c1-17-10-12-18(13-11-17)27-15-5-8-20(27)23-22(19-7-3-4-14-25-19)26-24(31)28(23)16-6-9-21(29)30-2/h3-5,7-8,10-15,22-23H,6,9,16H2,1-2H3,(H,26,31)/t22-,23-/m1/s1. The van der Waals surface area contributed by atoms with E-state index in [-0.39, 0.29) is 18.1 Å². The molecular formula is C24H26N4O2S. The van der Waals surface area contributed by atoms with E-state index in [2.05, 4.69) is 69.3 Å². The number of hydrogen-bond donors (Lipinski definition) is 1. The summed E-state index contributed by atoms with van der Waals surface area (Å²) < 4.78 is 7.00. The van der Waals surface area contributed by atoms with E-state index in [0.717, 1.165) is 17.1 Å². The Morgan fingerprint density at radius 1 is 1.16 bits per heavy atom. The van der Waals surface area contributed by atoms with E-state index in [0.29, 0.717) is 24.5 Å². The summed E-state index contributed by atoms with van der Waals surface area (Å²) in [5.41, 5.74) is 4.36. The van der Waals surface area contributed by atoms with Crippen molar-refractivity contribution < 1.29 is 9.53 Å². The summed E-state index contributed by atoms with van der Waals surface area (Å²) in [5.74, 6) is -0.209. The third-order valence-electron chi connectivity index (χ3n) is 5.60. The molecule has 1 aromatic carbocycles. The number of aryl methyl sites for hydroxylation is 1. The molecule has 4 rings (SSSR count). The van der Waals surface area contributed by atoms with Crippen molar-refractivity contribution in [2.45, 2.75) is 31.8 Å². The van der Waals surface area contributed by atoms with Crippen LogP contribution in [0.4, 0.5) is 0 Å². The van der Waals surface area contributed by atoms with Crippen molar-refractivity contribution in [2.24, 2.45) is 0 Å². The molecule has 0 radical (unpaired) electrons. The van der Waals surface area contributed by atoms with Crippen molar-refractivity contribution in [3.8, 4) is 5.69 Å². The van der Waals surface area contributed by atoms with Gasteiger partial charge in [0.05, 0.1) is 24.9 Å². The molecule has 0 spiro atoms. The minimum atomic E-state index is -0.209. The Labute approximate surface area is 187 Å². The van der Waals surface area contributed by atoms with Gasteiger partial charge in [0.2, 0.25) is 0 Å². The molecule has 1 aliphatic rings. The molecule has 160 valence electrons. The SMILES string of the molecule is COC(=O)CCCN1C(=S)N[C@H](c2ccccn2)[C@H]1c1cccn1-c1ccc(C)cc1. The highest BCUT2D eigenvalue weighted by atomic mass is 32.1. The number of thiocarbonyl (C=S) groups is 1. The Kier molecular flexibility index (Phi) is 6.32. The first-order chi connectivity index (χ1) is 15.1. The largest absolute Gasteiger partial charge is 0.469 e. The Morgan fingerprint density at radius 3 is 2.68 bits per heavy atom. The van der Waals surface area contributed by atoms with E-state index in [1.165, 1.54) is 12.7 Å². The average molecular weight is 435 g/mol. The van der Waals surface area contributed by atoms with Gasteiger partial charge in [-0.2, -0.15) is 0 Å². The number of aromatic nitrogens is 2. The number of carbonyl (C=O) groups is 1. The molecule has 3 aromatic rings. The maximum absolute atomic E-state index is 11.6. The van der Waals surface area contributed by atoms with Crippen LogP contribution in [-0.4, -0.2) is 39.2 Å². The monoisotopic (exact) mass is 434 g/mol. The smallest absolute Gasteiger partial charge is 0.305 e. The Balaban J connectivity index is 1.70. The van der Waals surface area contributed by atoms with Gasteiger partial charge in [-0.25, -0.2) is 0 Å². The van der Waals surface area contributed by atoms with Crippen LogP contribution < -0.4 is 5.32 Å². The van der Waals surface area contributed by atoms with Gasteiger partial charge in [-0.05, 0) is 62.0 Å². The Bertz CT molecular complexity index is 1050. The maximum atomic E-state index is 11.6. The number of rotatable bonds is 7. The minimum absolute atomic E-state index is 0.0589. The molecule has 0 bridgehead atoms. The zero-order chi connectivity index (χ0) is 21.8. The van der Waals surface area contributed by atoms with Crippen LogP contribution in [0.5, 0.6) is 0 Å². The highest BCUT2D eigenvalue weighted by molar-refractivity contribution is 7.80. The lowest BCUT2D eigenvalue weighted by Crippen LogP contribution is -2.31. The van der Waals surface area contributed by atoms with Gasteiger partial charge in [0.15, 0.2) is 5.11 Å². The van der Waals surface area contributed by atoms with Crippen molar-refractivity contribution in [2.75, 3.05) is 13.7 Å². The van der Waals surface area contributed by atoms with Crippen LogP contribution in [0.15, 0.2) is 67.0 Å². The molecule has 1 fully saturated rings. The third kappa shape index (κ3) is 4.46. The van der Waals surface area contributed by atoms with Gasteiger partial charge in [0.1, 0.15) is 0 Å². The molecule has 0 unspecified atom stereocenters. The zero-order valence-corrected chi connectivity index (χ0v) is 18.5. The first-order valence-corrected chi connectivity index (χ1v) is 10.8. The summed E-state index contributed by atoms with van der Waals surface area (Å²) >= 11 is 5.71. The van der Waals surface area contributed by atoms with Gasteiger partial charge in [0, 0.05) is 36.7 Å². The van der Waals surface area contributed by atoms with Crippen molar-refractivity contribution in [1.82, 2.24) is 19.8 Å². The van der Waals surface area contributed by atoms with Crippen LogP contribution in [0.2, 0.25) is 0 Å². The van der Waals surface area contributed by atoms with Crippen LogP contribution in [0.3, 0.4) is 0 Å². The van der Waals surface area contributed by atoms with E-state index in [1.807, 2.05) is 18.2 Å². The molecule has 0 aliphatic carbocycles. The normalized spacial score (nSPS) is 18.1. The molecule has 3 heterocycles. The molecular weight excluding hydrogens is 408 g/mol. The Morgan fingerprint density at radius 2 is 1.97 bits per heavy atom. The number of esters is 1. The summed E-state index contributed by atoms with van der Waals surface area (Å²) in [7, 11) is 1.42. The number of hydrogen-bond acceptors (Lipinski definition) is 4. The molecule has 0 amide bonds. The maximum Gasteiger partial charge on any atom is 0.305 e. The van der Waals surface area contributed by atoms with Crippen LogP contribution >= 0.6 is 12.2 Å². The molecule has 1 N–H and O–H groups in total. The topological polar surface area (TPSA) is 59.4 Å². The Hall–Kier alpha value is -3.19. The molecule has 31 heavy (non-hydrogen) atoms. The number of carbonyl (C=O) groups excluding carboxylic acids is 1. The summed E-state index contributed by atoms with van der Waals surface area (Å²) in [5, 5.41) is 4.13. The molecule has 1 aliphatic heterocycles.